The number of hydrogen-bond acceptors (Lipinski definition) is 7. The van der Waals surface area contributed by atoms with Crippen LogP contribution in [0.15, 0.2) is 0 Å². The minimum atomic E-state index is -1.01. The first-order valence-electron chi connectivity index (χ1n) is 5.73. The van der Waals surface area contributed by atoms with Crippen molar-refractivity contribution in [2.75, 3.05) is 19.0 Å². The van der Waals surface area contributed by atoms with Crippen LogP contribution in [0, 0.1) is 13.8 Å². The van der Waals surface area contributed by atoms with E-state index in [2.05, 4.69) is 14.3 Å². The molecule has 8 heteroatoms. The van der Waals surface area contributed by atoms with Crippen LogP contribution >= 0.6 is 22.9 Å². The van der Waals surface area contributed by atoms with Crippen molar-refractivity contribution < 1.29 is 4.21 Å². The van der Waals surface area contributed by atoms with Crippen molar-refractivity contribution in [2.45, 2.75) is 25.4 Å². The van der Waals surface area contributed by atoms with Crippen LogP contribution < -0.4 is 4.90 Å². The Labute approximate surface area is 123 Å². The Balaban J connectivity index is 1.97. The second-order valence-electron chi connectivity index (χ2n) is 4.37. The van der Waals surface area contributed by atoms with Crippen LogP contribution in [0.3, 0.4) is 0 Å². The maximum atomic E-state index is 12.1. The average molecular weight is 316 g/mol. The van der Waals surface area contributed by atoms with Crippen LogP contribution in [0.5, 0.6) is 0 Å². The summed E-state index contributed by atoms with van der Waals surface area (Å²) in [5.74, 6) is 1.52. The fraction of sp³-hybridized carbons (Fsp3) is 0.545. The largest absolute Gasteiger partial charge is 0.353 e. The van der Waals surface area contributed by atoms with Crippen LogP contribution in [0.1, 0.15) is 21.4 Å². The zero-order valence-corrected chi connectivity index (χ0v) is 13.8. The predicted octanol–water partition coefficient (Wildman–Crippen LogP) is 2.13. The first kappa shape index (κ1) is 14.5. The van der Waals surface area contributed by atoms with Crippen LogP contribution in [-0.4, -0.2) is 32.6 Å². The van der Waals surface area contributed by atoms with Gasteiger partial charge in [-0.05, 0) is 13.8 Å². The molecule has 0 aliphatic rings. The molecule has 1 atom stereocenters. The maximum Gasteiger partial charge on any atom is 0.204 e. The topological polar surface area (TPSA) is 59.0 Å². The summed E-state index contributed by atoms with van der Waals surface area (Å²) >= 11 is 2.94. The second kappa shape index (κ2) is 6.06. The molecule has 0 N–H and O–H groups in total. The summed E-state index contributed by atoms with van der Waals surface area (Å²) in [7, 11) is 2.83. The maximum absolute atomic E-state index is 12.1. The number of hydrogen-bond donors (Lipinski definition) is 0. The lowest BCUT2D eigenvalue weighted by Crippen LogP contribution is -2.08. The number of nitrogens with zero attached hydrogens (tertiary/aromatic N) is 4. The van der Waals surface area contributed by atoms with Gasteiger partial charge < -0.3 is 4.90 Å². The van der Waals surface area contributed by atoms with E-state index >= 15 is 0 Å². The molecule has 2 heterocycles. The zero-order valence-electron chi connectivity index (χ0n) is 11.3. The van der Waals surface area contributed by atoms with Gasteiger partial charge in [-0.25, -0.2) is 9.97 Å². The van der Waals surface area contributed by atoms with E-state index in [1.807, 2.05) is 32.8 Å². The highest BCUT2D eigenvalue weighted by atomic mass is 32.2. The molecule has 0 fully saturated rings. The van der Waals surface area contributed by atoms with E-state index < -0.39 is 10.8 Å². The molecule has 0 saturated heterocycles. The van der Waals surface area contributed by atoms with E-state index in [-0.39, 0.29) is 0 Å². The number of anilines is 1. The lowest BCUT2D eigenvalue weighted by atomic mass is 10.4. The second-order valence-corrected chi connectivity index (χ2v) is 7.84. The summed E-state index contributed by atoms with van der Waals surface area (Å²) in [5, 5.41) is 1.77. The Kier molecular flexibility index (Phi) is 4.64. The molecule has 0 aliphatic carbocycles. The normalized spacial score (nSPS) is 12.6. The van der Waals surface area contributed by atoms with Gasteiger partial charge in [0, 0.05) is 41.3 Å². The van der Waals surface area contributed by atoms with Crippen molar-refractivity contribution in [2.24, 2.45) is 0 Å². The molecular weight excluding hydrogens is 300 g/mol. The summed E-state index contributed by atoms with van der Waals surface area (Å²) in [6, 6.07) is 0. The van der Waals surface area contributed by atoms with Crippen molar-refractivity contribution in [3.05, 3.63) is 21.4 Å². The van der Waals surface area contributed by atoms with Gasteiger partial charge in [-0.1, -0.05) is 0 Å². The van der Waals surface area contributed by atoms with Crippen LogP contribution in [-0.2, 0) is 22.3 Å². The lowest BCUT2D eigenvalue weighted by Gasteiger charge is -2.04. The summed E-state index contributed by atoms with van der Waals surface area (Å²) in [4.78, 5) is 11.8. The average Bonchev–Trinajstić information content (AvgIpc) is 2.87. The van der Waals surface area contributed by atoms with Crippen molar-refractivity contribution in [3.63, 3.8) is 0 Å². The molecule has 19 heavy (non-hydrogen) atoms. The van der Waals surface area contributed by atoms with E-state index in [0.29, 0.717) is 17.3 Å². The molecule has 0 aliphatic heterocycles. The van der Waals surface area contributed by atoms with E-state index in [1.54, 1.807) is 11.3 Å². The Bertz CT molecular complexity index is 571. The van der Waals surface area contributed by atoms with Gasteiger partial charge in [0.2, 0.25) is 5.13 Å². The molecule has 0 spiro atoms. The summed E-state index contributed by atoms with van der Waals surface area (Å²) in [6.45, 7) is 4.01. The zero-order chi connectivity index (χ0) is 14.0. The SMILES string of the molecule is Cc1nc(C[S@@](=O)Cc2nsc(N(C)C)n2)sc1C. The molecule has 0 amide bonds. The van der Waals surface area contributed by atoms with E-state index in [9.17, 15) is 4.21 Å². The molecule has 0 aromatic carbocycles. The summed E-state index contributed by atoms with van der Waals surface area (Å²) < 4.78 is 16.3. The van der Waals surface area contributed by atoms with E-state index in [1.165, 1.54) is 16.4 Å². The van der Waals surface area contributed by atoms with Crippen molar-refractivity contribution in [3.8, 4) is 0 Å². The molecule has 0 bridgehead atoms. The highest BCUT2D eigenvalue weighted by molar-refractivity contribution is 7.83. The highest BCUT2D eigenvalue weighted by Gasteiger charge is 2.12. The quantitative estimate of drug-likeness (QED) is 0.846. The number of aryl methyl sites for hydroxylation is 2. The molecule has 2 rings (SSSR count). The molecule has 5 nitrogen and oxygen atoms in total. The van der Waals surface area contributed by atoms with Gasteiger partial charge in [0.15, 0.2) is 5.82 Å². The molecule has 0 radical (unpaired) electrons. The minimum absolute atomic E-state index is 0.391. The van der Waals surface area contributed by atoms with Gasteiger partial charge in [0.1, 0.15) is 5.01 Å². The molecule has 2 aromatic rings. The third-order valence-electron chi connectivity index (χ3n) is 2.49. The monoisotopic (exact) mass is 316 g/mol. The molecule has 0 saturated carbocycles. The van der Waals surface area contributed by atoms with Gasteiger partial charge >= 0.3 is 0 Å². The predicted molar refractivity (Wildman–Crippen MR) is 81.4 cm³/mol. The van der Waals surface area contributed by atoms with Gasteiger partial charge in [0.25, 0.3) is 0 Å². The fourth-order valence-corrected chi connectivity index (χ4v) is 4.32. The third kappa shape index (κ3) is 3.80. The molecular formula is C11H16N4OS3. The van der Waals surface area contributed by atoms with Crippen molar-refractivity contribution in [1.82, 2.24) is 14.3 Å². The Morgan fingerprint density at radius 3 is 2.47 bits per heavy atom. The first-order valence-corrected chi connectivity index (χ1v) is 8.81. The molecule has 0 unspecified atom stereocenters. The standard InChI is InChI=1S/C11H16N4OS3/c1-7-8(2)17-10(12-7)6-19(16)5-9-13-11(15(3)4)18-14-9/h5-6H2,1-4H3/t19-/m0/s1. The van der Waals surface area contributed by atoms with Crippen LogP contribution in [0.25, 0.3) is 0 Å². The van der Waals surface area contributed by atoms with Gasteiger partial charge in [-0.3, -0.25) is 4.21 Å². The van der Waals surface area contributed by atoms with Gasteiger partial charge in [0.05, 0.1) is 17.2 Å². The number of aromatic nitrogens is 3. The first-order chi connectivity index (χ1) is 8.95. The Hall–Kier alpha value is -0.860. The molecule has 2 aromatic heterocycles. The van der Waals surface area contributed by atoms with E-state index in [0.717, 1.165) is 15.8 Å². The minimum Gasteiger partial charge on any atom is -0.353 e. The van der Waals surface area contributed by atoms with E-state index in [4.69, 9.17) is 0 Å². The lowest BCUT2D eigenvalue weighted by molar-refractivity contribution is 0.681. The van der Waals surface area contributed by atoms with Crippen molar-refractivity contribution >= 4 is 38.8 Å². The third-order valence-corrected chi connectivity index (χ3v) is 5.84. The highest BCUT2D eigenvalue weighted by Crippen LogP contribution is 2.19. The van der Waals surface area contributed by atoms with Crippen molar-refractivity contribution in [1.29, 1.82) is 0 Å². The fourth-order valence-electron chi connectivity index (χ4n) is 1.42. The molecule has 104 valence electrons. The van der Waals surface area contributed by atoms with Gasteiger partial charge in [-0.2, -0.15) is 4.37 Å². The van der Waals surface area contributed by atoms with Crippen LogP contribution in [0.2, 0.25) is 0 Å². The Morgan fingerprint density at radius 1 is 1.21 bits per heavy atom. The smallest absolute Gasteiger partial charge is 0.204 e. The Morgan fingerprint density at radius 2 is 1.95 bits per heavy atom. The van der Waals surface area contributed by atoms with Crippen LogP contribution in [0.4, 0.5) is 5.13 Å². The van der Waals surface area contributed by atoms with Gasteiger partial charge in [-0.15, -0.1) is 11.3 Å². The number of rotatable bonds is 5. The summed E-state index contributed by atoms with van der Waals surface area (Å²) in [6.07, 6.45) is 0. The summed E-state index contributed by atoms with van der Waals surface area (Å²) in [5.41, 5.74) is 1.03. The number of thiazole rings is 1.